The van der Waals surface area contributed by atoms with Crippen molar-refractivity contribution in [3.05, 3.63) is 0 Å². The number of hydrogen-bond donors (Lipinski definition) is 1. The maximum Gasteiger partial charge on any atom is 0.235 e. The zero-order valence-corrected chi connectivity index (χ0v) is 14.2. The Kier molecular flexibility index (Phi) is 4.01. The van der Waals surface area contributed by atoms with E-state index in [1.54, 1.807) is 0 Å². The minimum Gasteiger partial charge on any atom is -0.470 e. The average Bonchev–Trinajstić information content (AvgIpc) is 3.02. The van der Waals surface area contributed by atoms with Crippen molar-refractivity contribution in [3.63, 3.8) is 0 Å². The summed E-state index contributed by atoms with van der Waals surface area (Å²) in [5, 5.41) is 7.43. The Hall–Kier alpha value is -0.860. The number of oxime groups is 1. The van der Waals surface area contributed by atoms with Gasteiger partial charge < -0.3 is 14.9 Å². The molecular weight excluding hydrogens is 318 g/mol. The number of ether oxygens (including phenoxy) is 1. The SMILES string of the molecule is O=S1(=O)C[C@@H]2CNC[C@@]2(C2=NOCC(CN3CCCCC3)O2)C1. The third kappa shape index (κ3) is 2.96. The van der Waals surface area contributed by atoms with Gasteiger partial charge in [0.15, 0.2) is 16.4 Å². The van der Waals surface area contributed by atoms with Crippen LogP contribution in [0.1, 0.15) is 19.3 Å². The monoisotopic (exact) mass is 343 g/mol. The van der Waals surface area contributed by atoms with Crippen molar-refractivity contribution in [1.29, 1.82) is 0 Å². The molecule has 7 nitrogen and oxygen atoms in total. The van der Waals surface area contributed by atoms with E-state index < -0.39 is 15.3 Å². The molecule has 1 unspecified atom stereocenters. The maximum atomic E-state index is 12.1. The van der Waals surface area contributed by atoms with Gasteiger partial charge in [0, 0.05) is 25.6 Å². The molecule has 0 aliphatic carbocycles. The van der Waals surface area contributed by atoms with Crippen LogP contribution in [0.15, 0.2) is 5.16 Å². The maximum absolute atomic E-state index is 12.1. The lowest BCUT2D eigenvalue weighted by Gasteiger charge is -2.36. The smallest absolute Gasteiger partial charge is 0.235 e. The molecule has 0 spiro atoms. The molecule has 0 bridgehead atoms. The van der Waals surface area contributed by atoms with Crippen LogP contribution in [-0.4, -0.2) is 76.2 Å². The molecule has 1 N–H and O–H groups in total. The summed E-state index contributed by atoms with van der Waals surface area (Å²) in [6, 6.07) is 0. The fourth-order valence-corrected chi connectivity index (χ4v) is 6.80. The zero-order chi connectivity index (χ0) is 15.9. The largest absolute Gasteiger partial charge is 0.470 e. The van der Waals surface area contributed by atoms with E-state index in [0.717, 1.165) is 19.6 Å². The van der Waals surface area contributed by atoms with E-state index in [-0.39, 0.29) is 23.5 Å². The minimum absolute atomic E-state index is 0.0450. The standard InChI is InChI=1S/C15H25N3O4S/c19-23(20)9-12-6-16-10-15(12,11-23)14-17-21-8-13(22-14)7-18-4-2-1-3-5-18/h12-13,16H,1-11H2/t12-,13?,15+/m0/s1. The average molecular weight is 343 g/mol. The molecule has 4 rings (SSSR count). The lowest BCUT2D eigenvalue weighted by atomic mass is 9.80. The summed E-state index contributed by atoms with van der Waals surface area (Å²) in [7, 11) is -3.02. The third-order valence-electron chi connectivity index (χ3n) is 5.57. The fraction of sp³-hybridized carbons (Fsp3) is 0.933. The third-order valence-corrected chi connectivity index (χ3v) is 7.43. The summed E-state index contributed by atoms with van der Waals surface area (Å²) in [4.78, 5) is 7.84. The molecule has 0 radical (unpaired) electrons. The van der Waals surface area contributed by atoms with E-state index in [2.05, 4.69) is 15.4 Å². The highest BCUT2D eigenvalue weighted by molar-refractivity contribution is 7.91. The molecule has 4 heterocycles. The molecule has 0 aromatic heterocycles. The van der Waals surface area contributed by atoms with E-state index in [9.17, 15) is 8.42 Å². The van der Waals surface area contributed by atoms with Crippen molar-refractivity contribution in [3.8, 4) is 0 Å². The highest BCUT2D eigenvalue weighted by Crippen LogP contribution is 2.43. The van der Waals surface area contributed by atoms with Crippen LogP contribution < -0.4 is 5.32 Å². The van der Waals surface area contributed by atoms with Crippen LogP contribution in [0.2, 0.25) is 0 Å². The summed E-state index contributed by atoms with van der Waals surface area (Å²) in [5.74, 6) is 0.889. The first-order valence-electron chi connectivity index (χ1n) is 8.58. The molecule has 4 aliphatic heterocycles. The van der Waals surface area contributed by atoms with Crippen molar-refractivity contribution in [2.24, 2.45) is 16.5 Å². The summed E-state index contributed by atoms with van der Waals surface area (Å²) < 4.78 is 30.4. The molecule has 0 amide bonds. The van der Waals surface area contributed by atoms with Crippen LogP contribution >= 0.6 is 0 Å². The van der Waals surface area contributed by atoms with Gasteiger partial charge in [0.25, 0.3) is 0 Å². The van der Waals surface area contributed by atoms with Gasteiger partial charge >= 0.3 is 0 Å². The number of rotatable bonds is 3. The number of fused-ring (bicyclic) bond motifs is 1. The molecule has 0 saturated carbocycles. The highest BCUT2D eigenvalue weighted by Gasteiger charge is 2.58. The number of nitrogens with zero attached hydrogens (tertiary/aromatic N) is 2. The second-order valence-corrected chi connectivity index (χ2v) is 9.44. The summed E-state index contributed by atoms with van der Waals surface area (Å²) in [6.45, 7) is 4.81. The predicted octanol–water partition coefficient (Wildman–Crippen LogP) is -0.165. The normalized spacial score (nSPS) is 40.1. The van der Waals surface area contributed by atoms with Crippen LogP contribution in [0.25, 0.3) is 0 Å². The van der Waals surface area contributed by atoms with Crippen molar-refractivity contribution < 1.29 is 18.0 Å². The number of nitrogens with one attached hydrogen (secondary N) is 1. The van der Waals surface area contributed by atoms with E-state index in [0.29, 0.717) is 25.6 Å². The molecule has 3 saturated heterocycles. The van der Waals surface area contributed by atoms with E-state index >= 15 is 0 Å². The Morgan fingerprint density at radius 1 is 1.30 bits per heavy atom. The molecule has 0 aromatic carbocycles. The topological polar surface area (TPSA) is 80.2 Å². The van der Waals surface area contributed by atoms with Gasteiger partial charge in [0.2, 0.25) is 5.90 Å². The Bertz CT molecular complexity index is 588. The fourth-order valence-electron chi connectivity index (χ4n) is 4.39. The first-order chi connectivity index (χ1) is 11.1. The van der Waals surface area contributed by atoms with Crippen LogP contribution in [0.5, 0.6) is 0 Å². The number of piperidine rings is 1. The first-order valence-corrected chi connectivity index (χ1v) is 10.4. The molecule has 0 aromatic rings. The lowest BCUT2D eigenvalue weighted by Crippen LogP contribution is -2.48. The van der Waals surface area contributed by atoms with Gasteiger partial charge in [-0.3, -0.25) is 4.90 Å². The second kappa shape index (κ2) is 5.89. The van der Waals surface area contributed by atoms with E-state index in [1.165, 1.54) is 19.3 Å². The Balaban J connectivity index is 1.47. The summed E-state index contributed by atoms with van der Waals surface area (Å²) in [6.07, 6.45) is 3.73. The van der Waals surface area contributed by atoms with Gasteiger partial charge in [-0.2, -0.15) is 0 Å². The quantitative estimate of drug-likeness (QED) is 0.767. The van der Waals surface area contributed by atoms with Gasteiger partial charge in [-0.1, -0.05) is 11.6 Å². The molecular formula is C15H25N3O4S. The van der Waals surface area contributed by atoms with Crippen LogP contribution in [0.4, 0.5) is 0 Å². The summed E-state index contributed by atoms with van der Waals surface area (Å²) >= 11 is 0. The van der Waals surface area contributed by atoms with Gasteiger partial charge in [-0.25, -0.2) is 8.42 Å². The van der Waals surface area contributed by atoms with Gasteiger partial charge in [-0.15, -0.1) is 0 Å². The highest BCUT2D eigenvalue weighted by atomic mass is 32.2. The molecule has 23 heavy (non-hydrogen) atoms. The minimum atomic E-state index is -3.02. The zero-order valence-electron chi connectivity index (χ0n) is 13.4. The van der Waals surface area contributed by atoms with E-state index in [4.69, 9.17) is 9.57 Å². The molecule has 4 aliphatic rings. The van der Waals surface area contributed by atoms with Crippen LogP contribution in [0.3, 0.4) is 0 Å². The number of sulfone groups is 1. The summed E-state index contributed by atoms with van der Waals surface area (Å²) in [5.41, 5.74) is -0.528. The lowest BCUT2D eigenvalue weighted by molar-refractivity contribution is -0.0209. The van der Waals surface area contributed by atoms with Crippen LogP contribution in [-0.2, 0) is 19.4 Å². The first kappa shape index (κ1) is 15.7. The molecule has 130 valence electrons. The van der Waals surface area contributed by atoms with Gasteiger partial charge in [0.1, 0.15) is 6.10 Å². The van der Waals surface area contributed by atoms with Crippen molar-refractivity contribution in [2.45, 2.75) is 25.4 Å². The Labute approximate surface area is 137 Å². The van der Waals surface area contributed by atoms with Gasteiger partial charge in [-0.05, 0) is 25.9 Å². The number of likely N-dealkylation sites (tertiary alicyclic amines) is 1. The predicted molar refractivity (Wildman–Crippen MR) is 86.0 cm³/mol. The van der Waals surface area contributed by atoms with E-state index in [1.807, 2.05) is 0 Å². The molecule has 8 heteroatoms. The second-order valence-electron chi connectivity index (χ2n) is 7.33. The Morgan fingerprint density at radius 3 is 2.96 bits per heavy atom. The molecule has 3 atom stereocenters. The van der Waals surface area contributed by atoms with Crippen molar-refractivity contribution in [2.75, 3.05) is 50.8 Å². The molecule has 3 fully saturated rings. The van der Waals surface area contributed by atoms with Crippen LogP contribution in [0, 0.1) is 11.3 Å². The Morgan fingerprint density at radius 2 is 2.13 bits per heavy atom. The number of hydrogen-bond acceptors (Lipinski definition) is 7. The van der Waals surface area contributed by atoms with Crippen molar-refractivity contribution >= 4 is 15.7 Å². The van der Waals surface area contributed by atoms with Crippen molar-refractivity contribution in [1.82, 2.24) is 10.2 Å². The van der Waals surface area contributed by atoms with Gasteiger partial charge in [0.05, 0.1) is 16.9 Å².